The van der Waals surface area contributed by atoms with Crippen LogP contribution in [-0.2, 0) is 17.2 Å². The molecule has 0 unspecified atom stereocenters. The summed E-state index contributed by atoms with van der Waals surface area (Å²) in [6, 6.07) is 4.86. The standard InChI is InChI=1S/C14H12ClN3O3/c15-5-12-17-13-9(6-16)3-8(14(19)20)4-11(13)18(12)7-10-1-2-21-10/h3-4,10H,1-2,5,7H2,(H,19,20)/t10-/m0/s1. The minimum atomic E-state index is -1.08. The Morgan fingerprint density at radius 2 is 2.38 bits per heavy atom. The highest BCUT2D eigenvalue weighted by Gasteiger charge is 2.23. The molecule has 1 N–H and O–H groups in total. The minimum absolute atomic E-state index is 0.0656. The van der Waals surface area contributed by atoms with Crippen molar-refractivity contribution in [3.8, 4) is 6.07 Å². The van der Waals surface area contributed by atoms with Crippen LogP contribution in [0.25, 0.3) is 11.0 Å². The number of nitriles is 1. The molecular weight excluding hydrogens is 294 g/mol. The number of benzene rings is 1. The summed E-state index contributed by atoms with van der Waals surface area (Å²) in [4.78, 5) is 15.6. The van der Waals surface area contributed by atoms with Crippen LogP contribution in [-0.4, -0.2) is 33.3 Å². The third-order valence-corrected chi connectivity index (χ3v) is 3.84. The highest BCUT2D eigenvalue weighted by Crippen LogP contribution is 2.25. The van der Waals surface area contributed by atoms with Crippen molar-refractivity contribution in [2.75, 3.05) is 6.61 Å². The van der Waals surface area contributed by atoms with E-state index in [1.54, 1.807) is 0 Å². The summed E-state index contributed by atoms with van der Waals surface area (Å²) in [5.41, 5.74) is 1.40. The number of imidazole rings is 1. The van der Waals surface area contributed by atoms with Crippen LogP contribution in [0.3, 0.4) is 0 Å². The van der Waals surface area contributed by atoms with E-state index in [9.17, 15) is 10.1 Å². The number of aromatic carboxylic acids is 1. The molecule has 2 aromatic rings. The zero-order valence-corrected chi connectivity index (χ0v) is 11.8. The van der Waals surface area contributed by atoms with Crippen molar-refractivity contribution in [3.63, 3.8) is 0 Å². The first-order valence-electron chi connectivity index (χ1n) is 6.48. The predicted octanol–water partition coefficient (Wildman–Crippen LogP) is 2.13. The van der Waals surface area contributed by atoms with Crippen LogP contribution in [0.1, 0.15) is 28.2 Å². The Morgan fingerprint density at radius 3 is 2.90 bits per heavy atom. The normalized spacial score (nSPS) is 17.4. The summed E-state index contributed by atoms with van der Waals surface area (Å²) < 4.78 is 7.26. The smallest absolute Gasteiger partial charge is 0.335 e. The van der Waals surface area contributed by atoms with E-state index in [1.165, 1.54) is 12.1 Å². The number of nitrogens with zero attached hydrogens (tertiary/aromatic N) is 3. The molecule has 21 heavy (non-hydrogen) atoms. The maximum absolute atomic E-state index is 11.2. The van der Waals surface area contributed by atoms with E-state index in [4.69, 9.17) is 21.4 Å². The second-order valence-corrected chi connectivity index (χ2v) is 5.13. The third-order valence-electron chi connectivity index (χ3n) is 3.60. The highest BCUT2D eigenvalue weighted by molar-refractivity contribution is 6.17. The molecule has 6 nitrogen and oxygen atoms in total. The Hall–Kier alpha value is -2.10. The van der Waals surface area contributed by atoms with E-state index >= 15 is 0 Å². The van der Waals surface area contributed by atoms with Gasteiger partial charge in [-0.1, -0.05) is 0 Å². The largest absolute Gasteiger partial charge is 0.478 e. The molecule has 1 atom stereocenters. The van der Waals surface area contributed by atoms with Crippen molar-refractivity contribution in [2.24, 2.45) is 0 Å². The van der Waals surface area contributed by atoms with Crippen LogP contribution in [0.5, 0.6) is 0 Å². The van der Waals surface area contributed by atoms with Gasteiger partial charge in [-0.25, -0.2) is 9.78 Å². The van der Waals surface area contributed by atoms with E-state index in [1.807, 2.05) is 10.6 Å². The first-order chi connectivity index (χ1) is 10.1. The maximum atomic E-state index is 11.2. The van der Waals surface area contributed by atoms with Crippen molar-refractivity contribution in [2.45, 2.75) is 24.9 Å². The second kappa shape index (κ2) is 5.35. The Bertz CT molecular complexity index is 759. The Labute approximate surface area is 125 Å². The zero-order valence-electron chi connectivity index (χ0n) is 11.0. The van der Waals surface area contributed by atoms with Crippen LogP contribution in [0.4, 0.5) is 0 Å². The summed E-state index contributed by atoms with van der Waals surface area (Å²) in [6.07, 6.45) is 1.04. The lowest BCUT2D eigenvalue weighted by molar-refractivity contribution is -0.0589. The lowest BCUT2D eigenvalue weighted by Gasteiger charge is -2.27. The van der Waals surface area contributed by atoms with Gasteiger partial charge >= 0.3 is 5.97 Å². The summed E-state index contributed by atoms with van der Waals surface area (Å²) in [5.74, 6) is -0.274. The number of hydrogen-bond donors (Lipinski definition) is 1. The molecule has 1 aromatic carbocycles. The second-order valence-electron chi connectivity index (χ2n) is 4.86. The predicted molar refractivity (Wildman–Crippen MR) is 75.3 cm³/mol. The number of carboxylic acid groups (broad SMARTS) is 1. The fourth-order valence-electron chi connectivity index (χ4n) is 2.42. The molecule has 3 rings (SSSR count). The molecule has 1 saturated heterocycles. The SMILES string of the molecule is N#Cc1cc(C(=O)O)cc2c1nc(CCl)n2C[C@@H]1CCO1. The molecule has 0 saturated carbocycles. The topological polar surface area (TPSA) is 88.1 Å². The molecule has 1 aromatic heterocycles. The van der Waals surface area contributed by atoms with Crippen molar-refractivity contribution < 1.29 is 14.6 Å². The maximum Gasteiger partial charge on any atom is 0.335 e. The molecular formula is C14H12ClN3O3. The van der Waals surface area contributed by atoms with Gasteiger partial charge in [0.2, 0.25) is 0 Å². The number of halogens is 1. The molecule has 0 spiro atoms. The summed E-state index contributed by atoms with van der Waals surface area (Å²) in [5, 5.41) is 18.4. The molecule has 1 fully saturated rings. The van der Waals surface area contributed by atoms with Gasteiger partial charge in [-0.05, 0) is 18.6 Å². The van der Waals surface area contributed by atoms with Gasteiger partial charge in [0.25, 0.3) is 0 Å². The van der Waals surface area contributed by atoms with Crippen LogP contribution in [0.15, 0.2) is 12.1 Å². The van der Waals surface area contributed by atoms with Gasteiger partial charge < -0.3 is 14.4 Å². The van der Waals surface area contributed by atoms with Crippen LogP contribution in [0.2, 0.25) is 0 Å². The Kier molecular flexibility index (Phi) is 3.53. The number of rotatable bonds is 4. The number of ether oxygens (including phenoxy) is 1. The fraction of sp³-hybridized carbons (Fsp3) is 0.357. The summed E-state index contributed by atoms with van der Waals surface area (Å²) in [7, 11) is 0. The molecule has 2 heterocycles. The van der Waals surface area contributed by atoms with Crippen LogP contribution in [0, 0.1) is 11.3 Å². The van der Waals surface area contributed by atoms with Crippen LogP contribution >= 0.6 is 11.6 Å². The third kappa shape index (κ3) is 2.35. The Morgan fingerprint density at radius 1 is 1.62 bits per heavy atom. The van der Waals surface area contributed by atoms with Gasteiger partial charge in [0.1, 0.15) is 17.4 Å². The molecule has 108 valence electrons. The van der Waals surface area contributed by atoms with Crippen molar-refractivity contribution in [3.05, 3.63) is 29.1 Å². The average Bonchev–Trinajstić information content (AvgIpc) is 2.79. The summed E-state index contributed by atoms with van der Waals surface area (Å²) >= 11 is 5.92. The molecule has 7 heteroatoms. The van der Waals surface area contributed by atoms with Gasteiger partial charge in [0, 0.05) is 6.61 Å². The van der Waals surface area contributed by atoms with Crippen molar-refractivity contribution in [1.29, 1.82) is 5.26 Å². The van der Waals surface area contributed by atoms with Gasteiger partial charge in [-0.3, -0.25) is 0 Å². The lowest BCUT2D eigenvalue weighted by Crippen LogP contribution is -2.31. The van der Waals surface area contributed by atoms with E-state index in [-0.39, 0.29) is 23.1 Å². The zero-order chi connectivity index (χ0) is 15.0. The van der Waals surface area contributed by atoms with Gasteiger partial charge in [-0.15, -0.1) is 11.6 Å². The number of aromatic nitrogens is 2. The number of hydrogen-bond acceptors (Lipinski definition) is 4. The summed E-state index contributed by atoms with van der Waals surface area (Å²) in [6.45, 7) is 1.30. The number of carboxylic acids is 1. The van der Waals surface area contributed by atoms with Gasteiger partial charge in [-0.2, -0.15) is 5.26 Å². The number of alkyl halides is 1. The molecule has 0 amide bonds. The first kappa shape index (κ1) is 13.9. The first-order valence-corrected chi connectivity index (χ1v) is 7.01. The van der Waals surface area contributed by atoms with Crippen molar-refractivity contribution in [1.82, 2.24) is 9.55 Å². The quantitative estimate of drug-likeness (QED) is 0.874. The monoisotopic (exact) mass is 305 g/mol. The minimum Gasteiger partial charge on any atom is -0.478 e. The fourth-order valence-corrected chi connectivity index (χ4v) is 2.62. The molecule has 1 aliphatic rings. The van der Waals surface area contributed by atoms with Crippen LogP contribution < -0.4 is 0 Å². The van der Waals surface area contributed by atoms with E-state index in [2.05, 4.69) is 4.98 Å². The molecule has 0 aliphatic carbocycles. The van der Waals surface area contributed by atoms with E-state index < -0.39 is 5.97 Å². The van der Waals surface area contributed by atoms with Crippen molar-refractivity contribution >= 4 is 28.6 Å². The Balaban J connectivity index is 2.20. The molecule has 0 bridgehead atoms. The van der Waals surface area contributed by atoms with Gasteiger partial charge in [0.05, 0.1) is 35.2 Å². The van der Waals surface area contributed by atoms with E-state index in [0.717, 1.165) is 13.0 Å². The number of fused-ring (bicyclic) bond motifs is 1. The average molecular weight is 306 g/mol. The van der Waals surface area contributed by atoms with E-state index in [0.29, 0.717) is 23.4 Å². The molecule has 0 radical (unpaired) electrons. The number of carbonyl (C=O) groups is 1. The highest BCUT2D eigenvalue weighted by atomic mass is 35.5. The lowest BCUT2D eigenvalue weighted by atomic mass is 10.1. The molecule has 1 aliphatic heterocycles. The van der Waals surface area contributed by atoms with Gasteiger partial charge in [0.15, 0.2) is 0 Å².